The van der Waals surface area contributed by atoms with Gasteiger partial charge in [0.05, 0.1) is 32.7 Å². The molecule has 44 heavy (non-hydrogen) atoms. The molecule has 0 spiro atoms. The quantitative estimate of drug-likeness (QED) is 0.101. The summed E-state index contributed by atoms with van der Waals surface area (Å²) >= 11 is 26.1. The molecular formula is C31H21Cl4N5O3S. The number of carbonyl (C=O) groups is 2. The lowest BCUT2D eigenvalue weighted by Crippen LogP contribution is -2.20. The number of hydrogen-bond acceptors (Lipinski definition) is 7. The molecule has 0 saturated carbocycles. The van der Waals surface area contributed by atoms with Gasteiger partial charge in [-0.15, -0.1) is 11.3 Å². The van der Waals surface area contributed by atoms with Crippen molar-refractivity contribution < 1.29 is 14.3 Å². The van der Waals surface area contributed by atoms with Crippen LogP contribution in [-0.2, 0) is 4.79 Å². The molecule has 5 aromatic rings. The molecule has 222 valence electrons. The number of ether oxygens (including phenoxy) is 1. The average molecular weight is 685 g/mol. The van der Waals surface area contributed by atoms with E-state index in [0.717, 1.165) is 22.1 Å². The standard InChI is InChI=1S/C31H21Cl4N5O3S/c32-21-9-11-22(12-10-21)37-31-39-27(17-44-31)19-5-7-20(8-6-19)30(42)40-36-15-18-13-24(34)29(25(35)14-18)43-16-28(41)38-26-4-2-1-3-23(26)33/h1-15,17H,16H2,(H,37,39)(H,38,41)(H,40,42)/b36-15-. The summed E-state index contributed by atoms with van der Waals surface area (Å²) in [4.78, 5) is 29.5. The molecule has 0 aliphatic carbocycles. The van der Waals surface area contributed by atoms with Crippen molar-refractivity contribution in [3.05, 3.63) is 122 Å². The highest BCUT2D eigenvalue weighted by atomic mass is 35.5. The Labute approximate surface area is 276 Å². The Morgan fingerprint density at radius 1 is 0.886 bits per heavy atom. The number of nitrogens with zero attached hydrogens (tertiary/aromatic N) is 2. The zero-order valence-electron chi connectivity index (χ0n) is 22.5. The number of hydrogen-bond donors (Lipinski definition) is 3. The highest BCUT2D eigenvalue weighted by Gasteiger charge is 2.13. The summed E-state index contributed by atoms with van der Waals surface area (Å²) in [5, 5.41) is 14.0. The minimum absolute atomic E-state index is 0.136. The van der Waals surface area contributed by atoms with E-state index in [9.17, 15) is 9.59 Å². The highest BCUT2D eigenvalue weighted by molar-refractivity contribution is 7.14. The Bertz CT molecular complexity index is 1810. The SMILES string of the molecule is O=C(COc1c(Cl)cc(/C=N\NC(=O)c2ccc(-c3csc(Nc4ccc(Cl)cc4)n3)cc2)cc1Cl)Nc1ccccc1Cl. The second kappa shape index (κ2) is 14.6. The molecule has 0 bridgehead atoms. The first-order valence-corrected chi connectivity index (χ1v) is 15.2. The number of para-hydroxylation sites is 1. The lowest BCUT2D eigenvalue weighted by atomic mass is 10.1. The molecule has 0 unspecified atom stereocenters. The summed E-state index contributed by atoms with van der Waals surface area (Å²) in [6.45, 7) is -0.336. The number of amides is 2. The van der Waals surface area contributed by atoms with Gasteiger partial charge < -0.3 is 15.4 Å². The molecule has 5 rings (SSSR count). The van der Waals surface area contributed by atoms with E-state index in [1.54, 1.807) is 60.7 Å². The van der Waals surface area contributed by atoms with E-state index < -0.39 is 11.8 Å². The van der Waals surface area contributed by atoms with E-state index in [0.29, 0.717) is 26.9 Å². The van der Waals surface area contributed by atoms with Crippen molar-refractivity contribution in [1.29, 1.82) is 0 Å². The zero-order chi connectivity index (χ0) is 31.1. The summed E-state index contributed by atoms with van der Waals surface area (Å²) in [5.74, 6) is -0.705. The lowest BCUT2D eigenvalue weighted by Gasteiger charge is -2.11. The van der Waals surface area contributed by atoms with Gasteiger partial charge in [0, 0.05) is 27.2 Å². The van der Waals surface area contributed by atoms with Crippen LogP contribution < -0.4 is 20.8 Å². The van der Waals surface area contributed by atoms with Gasteiger partial charge >= 0.3 is 0 Å². The summed E-state index contributed by atoms with van der Waals surface area (Å²) < 4.78 is 5.53. The van der Waals surface area contributed by atoms with Gasteiger partial charge in [0.15, 0.2) is 17.5 Å². The third-order valence-electron chi connectivity index (χ3n) is 5.94. The molecule has 4 aromatic carbocycles. The first kappa shape index (κ1) is 31.3. The third kappa shape index (κ3) is 8.28. The Kier molecular flexibility index (Phi) is 10.4. The minimum atomic E-state index is -0.436. The predicted molar refractivity (Wildman–Crippen MR) is 179 cm³/mol. The maximum Gasteiger partial charge on any atom is 0.271 e. The Balaban J connectivity index is 1.14. The Hall–Kier alpha value is -4.12. The van der Waals surface area contributed by atoms with Crippen molar-refractivity contribution >= 4 is 92.3 Å². The fraction of sp³-hybridized carbons (Fsp3) is 0.0323. The van der Waals surface area contributed by atoms with Crippen molar-refractivity contribution in [2.24, 2.45) is 5.10 Å². The molecule has 3 N–H and O–H groups in total. The zero-order valence-corrected chi connectivity index (χ0v) is 26.3. The number of benzene rings is 4. The van der Waals surface area contributed by atoms with Gasteiger partial charge in [-0.2, -0.15) is 5.10 Å². The number of hydrazone groups is 1. The van der Waals surface area contributed by atoms with Crippen LogP contribution in [-0.4, -0.2) is 29.6 Å². The molecule has 0 atom stereocenters. The van der Waals surface area contributed by atoms with Gasteiger partial charge in [-0.25, -0.2) is 10.4 Å². The number of rotatable bonds is 10. The van der Waals surface area contributed by atoms with E-state index in [-0.39, 0.29) is 22.4 Å². The predicted octanol–water partition coefficient (Wildman–Crippen LogP) is 8.95. The fourth-order valence-corrected chi connectivity index (χ4v) is 5.48. The number of thiazole rings is 1. The van der Waals surface area contributed by atoms with Crippen LogP contribution in [0.4, 0.5) is 16.5 Å². The maximum absolute atomic E-state index is 12.6. The molecule has 8 nitrogen and oxygen atoms in total. The summed E-state index contributed by atoms with van der Waals surface area (Å²) in [7, 11) is 0. The summed E-state index contributed by atoms with van der Waals surface area (Å²) in [6.07, 6.45) is 1.39. The van der Waals surface area contributed by atoms with E-state index in [1.165, 1.54) is 17.6 Å². The van der Waals surface area contributed by atoms with Crippen LogP contribution >= 0.6 is 57.7 Å². The average Bonchev–Trinajstić information content (AvgIpc) is 3.47. The molecule has 1 aromatic heterocycles. The van der Waals surface area contributed by atoms with Crippen LogP contribution in [0.2, 0.25) is 20.1 Å². The van der Waals surface area contributed by atoms with Gasteiger partial charge in [-0.05, 0) is 66.2 Å². The van der Waals surface area contributed by atoms with Crippen LogP contribution in [0.5, 0.6) is 5.75 Å². The van der Waals surface area contributed by atoms with E-state index in [2.05, 4.69) is 26.1 Å². The number of nitrogens with one attached hydrogen (secondary N) is 3. The van der Waals surface area contributed by atoms with E-state index in [1.807, 2.05) is 29.6 Å². The highest BCUT2D eigenvalue weighted by Crippen LogP contribution is 2.34. The van der Waals surface area contributed by atoms with Crippen molar-refractivity contribution in [1.82, 2.24) is 10.4 Å². The van der Waals surface area contributed by atoms with Gasteiger partial charge in [0.2, 0.25) is 0 Å². The largest absolute Gasteiger partial charge is 0.481 e. The second-order valence-electron chi connectivity index (χ2n) is 9.08. The molecule has 2 amide bonds. The molecule has 1 heterocycles. The first-order chi connectivity index (χ1) is 21.2. The topological polar surface area (TPSA) is 105 Å². The van der Waals surface area contributed by atoms with Gasteiger partial charge in [-0.1, -0.05) is 70.7 Å². The van der Waals surface area contributed by atoms with Crippen LogP contribution in [0, 0.1) is 0 Å². The van der Waals surface area contributed by atoms with Crippen molar-refractivity contribution in [3.63, 3.8) is 0 Å². The van der Waals surface area contributed by atoms with Crippen molar-refractivity contribution in [3.8, 4) is 17.0 Å². The third-order valence-corrected chi connectivity index (χ3v) is 7.84. The summed E-state index contributed by atoms with van der Waals surface area (Å²) in [6, 6.07) is 24.3. The monoisotopic (exact) mass is 683 g/mol. The van der Waals surface area contributed by atoms with Crippen LogP contribution in [0.1, 0.15) is 15.9 Å². The van der Waals surface area contributed by atoms with Crippen LogP contribution in [0.3, 0.4) is 0 Å². The lowest BCUT2D eigenvalue weighted by molar-refractivity contribution is -0.118. The Morgan fingerprint density at radius 3 is 2.30 bits per heavy atom. The minimum Gasteiger partial charge on any atom is -0.481 e. The van der Waals surface area contributed by atoms with Crippen LogP contribution in [0.15, 0.2) is 95.4 Å². The number of aromatic nitrogens is 1. The molecule has 0 fully saturated rings. The number of anilines is 3. The van der Waals surface area contributed by atoms with Crippen molar-refractivity contribution in [2.75, 3.05) is 17.2 Å². The Morgan fingerprint density at radius 2 is 1.59 bits per heavy atom. The van der Waals surface area contributed by atoms with Gasteiger partial charge in [0.25, 0.3) is 11.8 Å². The molecular weight excluding hydrogens is 664 g/mol. The number of carbonyl (C=O) groups excluding carboxylic acids is 2. The normalized spacial score (nSPS) is 10.9. The molecule has 0 aliphatic rings. The molecule has 0 saturated heterocycles. The van der Waals surface area contributed by atoms with Gasteiger partial charge in [-0.3, -0.25) is 9.59 Å². The maximum atomic E-state index is 12.6. The first-order valence-electron chi connectivity index (χ1n) is 12.8. The summed E-state index contributed by atoms with van der Waals surface area (Å²) in [5.41, 5.74) is 6.38. The van der Waals surface area contributed by atoms with Crippen molar-refractivity contribution in [2.45, 2.75) is 0 Å². The van der Waals surface area contributed by atoms with Crippen LogP contribution in [0.25, 0.3) is 11.3 Å². The van der Waals surface area contributed by atoms with E-state index >= 15 is 0 Å². The molecule has 13 heteroatoms. The molecule has 0 aliphatic heterocycles. The fourth-order valence-electron chi connectivity index (χ4n) is 3.82. The number of halogens is 4. The molecule has 0 radical (unpaired) electrons. The second-order valence-corrected chi connectivity index (χ2v) is 11.6. The smallest absolute Gasteiger partial charge is 0.271 e. The van der Waals surface area contributed by atoms with E-state index in [4.69, 9.17) is 51.1 Å². The van der Waals surface area contributed by atoms with Gasteiger partial charge in [0.1, 0.15) is 0 Å².